The fourth-order valence-electron chi connectivity index (χ4n) is 3.48. The van der Waals surface area contributed by atoms with Crippen LogP contribution in [-0.2, 0) is 4.74 Å². The molecule has 0 bridgehead atoms. The van der Waals surface area contributed by atoms with Gasteiger partial charge in [-0.05, 0) is 43.5 Å². The largest absolute Gasteiger partial charge is 0.497 e. The molecule has 1 N–H and O–H groups in total. The molecule has 20 heavy (non-hydrogen) atoms. The molecule has 1 unspecified atom stereocenters. The molecule has 2 fully saturated rings. The number of hydrogen-bond donors (Lipinski definition) is 1. The van der Waals surface area contributed by atoms with Crippen molar-refractivity contribution in [2.75, 3.05) is 20.2 Å². The minimum atomic E-state index is 0.320. The highest BCUT2D eigenvalue weighted by Crippen LogP contribution is 2.32. The second kappa shape index (κ2) is 6.59. The summed E-state index contributed by atoms with van der Waals surface area (Å²) < 4.78 is 11.6. The van der Waals surface area contributed by atoms with Crippen LogP contribution in [0.1, 0.15) is 43.6 Å². The van der Waals surface area contributed by atoms with Crippen molar-refractivity contribution in [1.82, 2.24) is 5.32 Å². The monoisotopic (exact) mass is 275 g/mol. The molecular formula is C17H25NO2. The van der Waals surface area contributed by atoms with E-state index in [1.54, 1.807) is 7.11 Å². The van der Waals surface area contributed by atoms with Gasteiger partial charge >= 0.3 is 0 Å². The van der Waals surface area contributed by atoms with Gasteiger partial charge in [0.2, 0.25) is 0 Å². The van der Waals surface area contributed by atoms with Crippen molar-refractivity contribution in [2.45, 2.75) is 50.2 Å². The van der Waals surface area contributed by atoms with Crippen molar-refractivity contribution in [2.24, 2.45) is 0 Å². The second-order valence-corrected chi connectivity index (χ2v) is 5.95. The first-order valence-corrected chi connectivity index (χ1v) is 7.87. The van der Waals surface area contributed by atoms with Crippen LogP contribution in [0.25, 0.3) is 0 Å². The minimum absolute atomic E-state index is 0.320. The Balaban J connectivity index is 1.69. The first kappa shape index (κ1) is 13.9. The molecule has 110 valence electrons. The summed E-state index contributed by atoms with van der Waals surface area (Å²) in [5, 5.41) is 3.48. The minimum Gasteiger partial charge on any atom is -0.497 e. The van der Waals surface area contributed by atoms with E-state index in [0.717, 1.165) is 25.3 Å². The van der Waals surface area contributed by atoms with Crippen LogP contribution in [0.4, 0.5) is 0 Å². The normalized spacial score (nSPS) is 27.6. The Kier molecular flexibility index (Phi) is 4.58. The summed E-state index contributed by atoms with van der Waals surface area (Å²) >= 11 is 0. The maximum absolute atomic E-state index is 6.38. The van der Waals surface area contributed by atoms with Crippen LogP contribution in [0.15, 0.2) is 24.3 Å². The molecule has 0 amide bonds. The van der Waals surface area contributed by atoms with Gasteiger partial charge in [-0.1, -0.05) is 25.0 Å². The molecule has 3 heteroatoms. The molecule has 0 radical (unpaired) electrons. The first-order chi connectivity index (χ1) is 9.86. The van der Waals surface area contributed by atoms with Gasteiger partial charge in [-0.15, -0.1) is 0 Å². The molecule has 3 nitrogen and oxygen atoms in total. The Bertz CT molecular complexity index is 412. The lowest BCUT2D eigenvalue weighted by Gasteiger charge is -2.34. The summed E-state index contributed by atoms with van der Waals surface area (Å²) in [7, 11) is 1.71. The lowest BCUT2D eigenvalue weighted by atomic mass is 9.87. The molecule has 1 aromatic carbocycles. The average Bonchev–Trinajstić information content (AvgIpc) is 3.01. The molecule has 2 atom stereocenters. The molecule has 1 aliphatic heterocycles. The van der Waals surface area contributed by atoms with E-state index >= 15 is 0 Å². The Morgan fingerprint density at radius 1 is 1.05 bits per heavy atom. The second-order valence-electron chi connectivity index (χ2n) is 5.95. The summed E-state index contributed by atoms with van der Waals surface area (Å²) in [6.45, 7) is 2.06. The van der Waals surface area contributed by atoms with E-state index in [1.807, 2.05) is 0 Å². The fraction of sp³-hybridized carbons (Fsp3) is 0.647. The van der Waals surface area contributed by atoms with Gasteiger partial charge in [-0.2, -0.15) is 0 Å². The summed E-state index contributed by atoms with van der Waals surface area (Å²) in [6, 6.07) is 8.51. The molecule has 0 spiro atoms. The van der Waals surface area contributed by atoms with Crippen molar-refractivity contribution < 1.29 is 9.47 Å². The van der Waals surface area contributed by atoms with E-state index in [0.29, 0.717) is 18.1 Å². The summed E-state index contributed by atoms with van der Waals surface area (Å²) in [6.07, 6.45) is 7.11. The van der Waals surface area contributed by atoms with E-state index in [2.05, 4.69) is 29.6 Å². The van der Waals surface area contributed by atoms with Crippen LogP contribution < -0.4 is 10.1 Å². The number of hydrogen-bond acceptors (Lipinski definition) is 3. The van der Waals surface area contributed by atoms with Gasteiger partial charge in [0.25, 0.3) is 0 Å². The zero-order valence-electron chi connectivity index (χ0n) is 12.3. The lowest BCUT2D eigenvalue weighted by molar-refractivity contribution is -0.0305. The van der Waals surface area contributed by atoms with Crippen molar-refractivity contribution in [3.8, 4) is 5.75 Å². The van der Waals surface area contributed by atoms with Crippen LogP contribution in [0, 0.1) is 0 Å². The molecule has 1 heterocycles. The van der Waals surface area contributed by atoms with Gasteiger partial charge in [0, 0.05) is 12.5 Å². The molecular weight excluding hydrogens is 250 g/mol. The van der Waals surface area contributed by atoms with Gasteiger partial charge in [-0.25, -0.2) is 0 Å². The molecule has 1 saturated carbocycles. The Hall–Kier alpha value is -1.06. The van der Waals surface area contributed by atoms with E-state index in [9.17, 15) is 0 Å². The zero-order valence-corrected chi connectivity index (χ0v) is 12.3. The molecule has 1 saturated heterocycles. The van der Waals surface area contributed by atoms with Crippen LogP contribution in [-0.4, -0.2) is 32.4 Å². The van der Waals surface area contributed by atoms with E-state index in [1.165, 1.54) is 31.2 Å². The summed E-state index contributed by atoms with van der Waals surface area (Å²) in [5.41, 5.74) is 1.38. The van der Waals surface area contributed by atoms with Gasteiger partial charge < -0.3 is 14.8 Å². The number of methoxy groups -OCH3 is 1. The summed E-state index contributed by atoms with van der Waals surface area (Å²) in [4.78, 5) is 0. The van der Waals surface area contributed by atoms with Gasteiger partial charge in [-0.3, -0.25) is 0 Å². The van der Waals surface area contributed by atoms with Gasteiger partial charge in [0.05, 0.1) is 19.3 Å². The molecule has 2 aliphatic rings. The van der Waals surface area contributed by atoms with Gasteiger partial charge in [0.15, 0.2) is 0 Å². The first-order valence-electron chi connectivity index (χ1n) is 7.87. The topological polar surface area (TPSA) is 30.5 Å². The van der Waals surface area contributed by atoms with Crippen molar-refractivity contribution >= 4 is 0 Å². The number of rotatable bonds is 4. The maximum atomic E-state index is 6.38. The number of nitrogens with one attached hydrogen (secondary N) is 1. The smallest absolute Gasteiger partial charge is 0.118 e. The SMILES string of the molecule is COc1ccc(C2CCNC[C@H]2OC2CCCC2)cc1. The van der Waals surface area contributed by atoms with Crippen molar-refractivity contribution in [1.29, 1.82) is 0 Å². The third kappa shape index (κ3) is 3.15. The third-order valence-electron chi connectivity index (χ3n) is 4.64. The van der Waals surface area contributed by atoms with Crippen LogP contribution >= 0.6 is 0 Å². The maximum Gasteiger partial charge on any atom is 0.118 e. The Morgan fingerprint density at radius 3 is 2.50 bits per heavy atom. The number of piperidine rings is 1. The molecule has 0 aromatic heterocycles. The highest BCUT2D eigenvalue weighted by atomic mass is 16.5. The zero-order chi connectivity index (χ0) is 13.8. The quantitative estimate of drug-likeness (QED) is 0.916. The number of benzene rings is 1. The third-order valence-corrected chi connectivity index (χ3v) is 4.64. The molecule has 3 rings (SSSR count). The average molecular weight is 275 g/mol. The fourth-order valence-corrected chi connectivity index (χ4v) is 3.48. The summed E-state index contributed by atoms with van der Waals surface area (Å²) in [5.74, 6) is 1.44. The van der Waals surface area contributed by atoms with Crippen molar-refractivity contribution in [3.63, 3.8) is 0 Å². The van der Waals surface area contributed by atoms with Crippen LogP contribution in [0.3, 0.4) is 0 Å². The highest BCUT2D eigenvalue weighted by Gasteiger charge is 2.30. The van der Waals surface area contributed by atoms with E-state index < -0.39 is 0 Å². The predicted molar refractivity (Wildman–Crippen MR) is 80.4 cm³/mol. The van der Waals surface area contributed by atoms with Crippen LogP contribution in [0.5, 0.6) is 5.75 Å². The number of ether oxygens (including phenoxy) is 2. The molecule has 1 aliphatic carbocycles. The van der Waals surface area contributed by atoms with Crippen LogP contribution in [0.2, 0.25) is 0 Å². The van der Waals surface area contributed by atoms with Gasteiger partial charge in [0.1, 0.15) is 5.75 Å². The highest BCUT2D eigenvalue weighted by molar-refractivity contribution is 5.30. The van der Waals surface area contributed by atoms with Crippen molar-refractivity contribution in [3.05, 3.63) is 29.8 Å². The molecule has 1 aromatic rings. The Labute approximate surface area is 121 Å². The van der Waals surface area contributed by atoms with E-state index in [-0.39, 0.29) is 0 Å². The lowest BCUT2D eigenvalue weighted by Crippen LogP contribution is -2.42. The predicted octanol–water partition coefficient (Wildman–Crippen LogP) is 3.10. The van der Waals surface area contributed by atoms with E-state index in [4.69, 9.17) is 9.47 Å². The Morgan fingerprint density at radius 2 is 1.80 bits per heavy atom. The standard InChI is InChI=1S/C17H25NO2/c1-19-14-8-6-13(7-9-14)16-10-11-18-12-17(16)20-15-4-2-3-5-15/h6-9,15-18H,2-5,10-12H2,1H3/t16?,17-/m1/s1.